The number of allylic oxidation sites excluding steroid dienone is 6. The topological polar surface area (TPSA) is 20.2 Å². The molecule has 0 aromatic carbocycles. The lowest BCUT2D eigenvalue weighted by molar-refractivity contribution is 0.182. The monoisotopic (exact) mass is 288 g/mol. The van der Waals surface area contributed by atoms with E-state index in [-0.39, 0.29) is 6.10 Å². The van der Waals surface area contributed by atoms with E-state index >= 15 is 0 Å². The van der Waals surface area contributed by atoms with Gasteiger partial charge in [0, 0.05) is 0 Å². The zero-order valence-electron chi connectivity index (χ0n) is 14.3. The van der Waals surface area contributed by atoms with Gasteiger partial charge in [0.2, 0.25) is 0 Å². The van der Waals surface area contributed by atoms with E-state index in [0.29, 0.717) is 5.92 Å². The fourth-order valence-corrected chi connectivity index (χ4v) is 2.71. The van der Waals surface area contributed by atoms with Crippen molar-refractivity contribution in [1.82, 2.24) is 0 Å². The Morgan fingerprint density at radius 1 is 1.05 bits per heavy atom. The van der Waals surface area contributed by atoms with Crippen LogP contribution in [0, 0.1) is 5.92 Å². The summed E-state index contributed by atoms with van der Waals surface area (Å²) in [4.78, 5) is 0. The van der Waals surface area contributed by atoms with Gasteiger partial charge >= 0.3 is 0 Å². The van der Waals surface area contributed by atoms with E-state index in [0.717, 1.165) is 44.1 Å². The van der Waals surface area contributed by atoms with E-state index in [1.54, 1.807) is 0 Å². The molecule has 0 saturated carbocycles. The lowest BCUT2D eigenvalue weighted by Gasteiger charge is -2.21. The van der Waals surface area contributed by atoms with Gasteiger partial charge in [-0.3, -0.25) is 0 Å². The fourth-order valence-electron chi connectivity index (χ4n) is 2.71. The first-order valence-corrected chi connectivity index (χ1v) is 8.21. The lowest BCUT2D eigenvalue weighted by Crippen LogP contribution is -2.15. The minimum absolute atomic E-state index is 0.340. The molecule has 0 heterocycles. The highest BCUT2D eigenvalue weighted by atomic mass is 16.3. The van der Waals surface area contributed by atoms with Crippen molar-refractivity contribution in [2.24, 2.45) is 5.92 Å². The van der Waals surface area contributed by atoms with Crippen LogP contribution < -0.4 is 0 Å². The molecule has 1 aliphatic rings. The summed E-state index contributed by atoms with van der Waals surface area (Å²) in [6.45, 7) is 12.7. The van der Waals surface area contributed by atoms with E-state index < -0.39 is 0 Å². The molecular weight excluding hydrogens is 256 g/mol. The van der Waals surface area contributed by atoms with Crippen molar-refractivity contribution >= 4 is 0 Å². The number of aliphatic hydroxyl groups is 1. The van der Waals surface area contributed by atoms with Gasteiger partial charge in [-0.2, -0.15) is 0 Å². The largest absolute Gasteiger partial charge is 0.389 e. The van der Waals surface area contributed by atoms with Crippen molar-refractivity contribution in [3.05, 3.63) is 47.1 Å². The van der Waals surface area contributed by atoms with Crippen LogP contribution in [0.1, 0.15) is 66.2 Å². The summed E-state index contributed by atoms with van der Waals surface area (Å²) >= 11 is 0. The Bertz CT molecular complexity index is 437. The molecule has 0 aromatic heterocycles. The molecule has 2 atom stereocenters. The first-order valence-electron chi connectivity index (χ1n) is 8.21. The lowest BCUT2D eigenvalue weighted by atomic mass is 9.88. The van der Waals surface area contributed by atoms with Crippen LogP contribution >= 0.6 is 0 Å². The van der Waals surface area contributed by atoms with E-state index in [9.17, 15) is 5.11 Å². The smallest absolute Gasteiger partial charge is 0.0753 e. The van der Waals surface area contributed by atoms with Crippen LogP contribution in [0.15, 0.2) is 47.1 Å². The molecular formula is C20H32O. The van der Waals surface area contributed by atoms with Gasteiger partial charge in [0.15, 0.2) is 0 Å². The van der Waals surface area contributed by atoms with Crippen LogP contribution in [0.25, 0.3) is 0 Å². The second kappa shape index (κ2) is 9.04. The molecule has 1 aliphatic carbocycles. The van der Waals surface area contributed by atoms with E-state index in [1.807, 2.05) is 6.92 Å². The zero-order chi connectivity index (χ0) is 15.8. The quantitative estimate of drug-likeness (QED) is 0.611. The first kappa shape index (κ1) is 18.0. The summed E-state index contributed by atoms with van der Waals surface area (Å²) in [5.74, 6) is 0.374. The average molecular weight is 288 g/mol. The van der Waals surface area contributed by atoms with Crippen molar-refractivity contribution in [3.63, 3.8) is 0 Å². The third-order valence-corrected chi connectivity index (χ3v) is 4.52. The van der Waals surface area contributed by atoms with E-state index in [1.165, 1.54) is 16.7 Å². The molecule has 118 valence electrons. The van der Waals surface area contributed by atoms with Crippen molar-refractivity contribution in [2.75, 3.05) is 0 Å². The van der Waals surface area contributed by atoms with Crippen LogP contribution in [-0.2, 0) is 0 Å². The summed E-state index contributed by atoms with van der Waals surface area (Å²) in [6, 6.07) is 0. The van der Waals surface area contributed by atoms with E-state index in [2.05, 4.69) is 45.6 Å². The number of aliphatic hydroxyl groups excluding tert-OH is 1. The Kier molecular flexibility index (Phi) is 7.74. The maximum absolute atomic E-state index is 10.4. The van der Waals surface area contributed by atoms with Gasteiger partial charge in [0.1, 0.15) is 0 Å². The van der Waals surface area contributed by atoms with Crippen LogP contribution in [0.3, 0.4) is 0 Å². The predicted octanol–water partition coefficient (Wildman–Crippen LogP) is 5.73. The molecule has 0 bridgehead atoms. The summed E-state index contributed by atoms with van der Waals surface area (Å²) in [5, 5.41) is 10.4. The zero-order valence-corrected chi connectivity index (χ0v) is 14.3. The molecule has 1 N–H and O–H groups in total. The highest BCUT2D eigenvalue weighted by molar-refractivity contribution is 5.12. The third kappa shape index (κ3) is 6.95. The SMILES string of the molecule is C=C(C)C1C/C=C(\C)CC/C=C(\C)CC/C=C(\C)C(O)C1. The fraction of sp³-hybridized carbons (Fsp3) is 0.600. The standard InChI is InChI=1S/C20H32O/c1-15(2)19-13-12-17(4)9-6-8-16(3)10-7-11-18(5)20(21)14-19/h8,11-12,19-21H,1,6-7,9-10,13-14H2,2-5H3/b16-8+,17-12+,18-11+. The molecule has 21 heavy (non-hydrogen) atoms. The molecule has 0 spiro atoms. The second-order valence-electron chi connectivity index (χ2n) is 6.66. The molecule has 1 rings (SSSR count). The molecule has 0 aliphatic heterocycles. The van der Waals surface area contributed by atoms with Gasteiger partial charge in [0.25, 0.3) is 0 Å². The minimum Gasteiger partial charge on any atom is -0.389 e. The summed E-state index contributed by atoms with van der Waals surface area (Å²) < 4.78 is 0. The molecule has 0 amide bonds. The molecule has 0 radical (unpaired) electrons. The van der Waals surface area contributed by atoms with Gasteiger partial charge < -0.3 is 5.11 Å². The van der Waals surface area contributed by atoms with Gasteiger partial charge in [-0.15, -0.1) is 0 Å². The molecule has 1 nitrogen and oxygen atoms in total. The molecule has 0 aromatic rings. The van der Waals surface area contributed by atoms with Crippen molar-refractivity contribution < 1.29 is 5.11 Å². The van der Waals surface area contributed by atoms with Gasteiger partial charge in [-0.1, -0.05) is 41.5 Å². The van der Waals surface area contributed by atoms with Gasteiger partial charge in [-0.25, -0.2) is 0 Å². The Balaban J connectivity index is 2.89. The minimum atomic E-state index is -0.340. The number of rotatable bonds is 1. The molecule has 0 fully saturated rings. The normalized spacial score (nSPS) is 33.7. The Morgan fingerprint density at radius 3 is 2.24 bits per heavy atom. The maximum Gasteiger partial charge on any atom is 0.0753 e. The Morgan fingerprint density at radius 2 is 1.62 bits per heavy atom. The third-order valence-electron chi connectivity index (χ3n) is 4.52. The number of hydrogen-bond acceptors (Lipinski definition) is 1. The van der Waals surface area contributed by atoms with Crippen LogP contribution in [0.2, 0.25) is 0 Å². The van der Waals surface area contributed by atoms with Gasteiger partial charge in [-0.05, 0) is 77.7 Å². The van der Waals surface area contributed by atoms with Crippen molar-refractivity contribution in [3.8, 4) is 0 Å². The highest BCUT2D eigenvalue weighted by Crippen LogP contribution is 2.25. The van der Waals surface area contributed by atoms with Crippen molar-refractivity contribution in [1.29, 1.82) is 0 Å². The van der Waals surface area contributed by atoms with Crippen LogP contribution in [0.5, 0.6) is 0 Å². The summed E-state index contributed by atoms with van der Waals surface area (Å²) in [5.41, 5.74) is 5.18. The van der Waals surface area contributed by atoms with Gasteiger partial charge in [0.05, 0.1) is 6.10 Å². The Hall–Kier alpha value is -1.08. The van der Waals surface area contributed by atoms with E-state index in [4.69, 9.17) is 0 Å². The average Bonchev–Trinajstić information content (AvgIpc) is 2.41. The molecule has 0 saturated heterocycles. The summed E-state index contributed by atoms with van der Waals surface area (Å²) in [6.07, 6.45) is 12.7. The number of hydrogen-bond donors (Lipinski definition) is 1. The first-order chi connectivity index (χ1) is 9.90. The van der Waals surface area contributed by atoms with Crippen LogP contribution in [-0.4, -0.2) is 11.2 Å². The molecule has 2 unspecified atom stereocenters. The van der Waals surface area contributed by atoms with Crippen LogP contribution in [0.4, 0.5) is 0 Å². The second-order valence-corrected chi connectivity index (χ2v) is 6.66. The van der Waals surface area contributed by atoms with Crippen molar-refractivity contribution in [2.45, 2.75) is 72.3 Å². The summed E-state index contributed by atoms with van der Waals surface area (Å²) in [7, 11) is 0. The highest BCUT2D eigenvalue weighted by Gasteiger charge is 2.15. The predicted molar refractivity (Wildman–Crippen MR) is 93.3 cm³/mol. The maximum atomic E-state index is 10.4. The Labute approximate surface area is 131 Å². The molecule has 1 heteroatoms.